The highest BCUT2D eigenvalue weighted by Crippen LogP contribution is 2.16. The molecule has 0 fully saturated rings. The number of rotatable bonds is 19. The summed E-state index contributed by atoms with van der Waals surface area (Å²) < 4.78 is 5.51. The molecule has 0 aliphatic heterocycles. The van der Waals surface area contributed by atoms with Gasteiger partial charge in [0, 0.05) is 6.42 Å². The van der Waals surface area contributed by atoms with Crippen molar-refractivity contribution in [2.75, 3.05) is 6.61 Å². The maximum absolute atomic E-state index is 11.9. The predicted molar refractivity (Wildman–Crippen MR) is 110 cm³/mol. The Kier molecular flexibility index (Phi) is 19.4. The Labute approximate surface area is 158 Å². The van der Waals surface area contributed by atoms with Crippen LogP contribution in [0.5, 0.6) is 0 Å². The molecule has 25 heavy (non-hydrogen) atoms. The average molecular weight is 355 g/mol. The molecule has 1 unspecified atom stereocenters. The van der Waals surface area contributed by atoms with Gasteiger partial charge in [0.2, 0.25) is 0 Å². The first kappa shape index (κ1) is 24.5. The number of esters is 1. The fourth-order valence-electron chi connectivity index (χ4n) is 3.43. The summed E-state index contributed by atoms with van der Waals surface area (Å²) in [6.07, 6.45) is 21.2. The number of ether oxygens (including phenoxy) is 1. The Morgan fingerprint density at radius 1 is 0.640 bits per heavy atom. The molecule has 2 nitrogen and oxygen atoms in total. The first-order valence-electron chi connectivity index (χ1n) is 11.4. The molecule has 0 N–H and O–H groups in total. The summed E-state index contributed by atoms with van der Waals surface area (Å²) in [6.45, 7) is 7.35. The molecule has 0 amide bonds. The van der Waals surface area contributed by atoms with Crippen LogP contribution >= 0.6 is 0 Å². The van der Waals surface area contributed by atoms with Crippen LogP contribution in [0.2, 0.25) is 0 Å². The van der Waals surface area contributed by atoms with E-state index in [4.69, 9.17) is 4.74 Å². The summed E-state index contributed by atoms with van der Waals surface area (Å²) in [5, 5.41) is 0. The van der Waals surface area contributed by atoms with E-state index in [0.29, 0.717) is 18.9 Å². The standard InChI is InChI=1S/C23H46O2/c1-4-7-9-10-11-12-13-14-15-16-17-20-23(24)25-21-22(18-6-3)19-8-5-2/h22H,4-21H2,1-3H3. The molecule has 0 aliphatic carbocycles. The van der Waals surface area contributed by atoms with Crippen molar-refractivity contribution in [1.82, 2.24) is 0 Å². The minimum absolute atomic E-state index is 0.0218. The van der Waals surface area contributed by atoms with E-state index < -0.39 is 0 Å². The first-order chi connectivity index (χ1) is 12.2. The van der Waals surface area contributed by atoms with E-state index in [-0.39, 0.29) is 5.97 Å². The fourth-order valence-corrected chi connectivity index (χ4v) is 3.43. The molecule has 0 aromatic carbocycles. The van der Waals surface area contributed by atoms with Crippen molar-refractivity contribution in [2.24, 2.45) is 5.92 Å². The number of carbonyl (C=O) groups is 1. The van der Waals surface area contributed by atoms with Crippen LogP contribution in [0.1, 0.15) is 130 Å². The average Bonchev–Trinajstić information content (AvgIpc) is 2.62. The minimum atomic E-state index is 0.0218. The number of hydrogen-bond donors (Lipinski definition) is 0. The first-order valence-corrected chi connectivity index (χ1v) is 11.4. The van der Waals surface area contributed by atoms with Crippen LogP contribution in [0.4, 0.5) is 0 Å². The van der Waals surface area contributed by atoms with E-state index in [1.54, 1.807) is 0 Å². The topological polar surface area (TPSA) is 26.3 Å². The van der Waals surface area contributed by atoms with Crippen LogP contribution in [0.3, 0.4) is 0 Å². The van der Waals surface area contributed by atoms with Gasteiger partial charge in [0.05, 0.1) is 6.61 Å². The molecule has 0 radical (unpaired) electrons. The summed E-state index contributed by atoms with van der Waals surface area (Å²) in [5.74, 6) is 0.597. The Balaban J connectivity index is 3.42. The fraction of sp³-hybridized carbons (Fsp3) is 0.957. The predicted octanol–water partition coefficient (Wildman–Crippen LogP) is 7.84. The van der Waals surface area contributed by atoms with Crippen molar-refractivity contribution in [1.29, 1.82) is 0 Å². The minimum Gasteiger partial charge on any atom is -0.465 e. The van der Waals surface area contributed by atoms with E-state index in [1.165, 1.54) is 96.3 Å². The van der Waals surface area contributed by atoms with Gasteiger partial charge in [0.15, 0.2) is 0 Å². The summed E-state index contributed by atoms with van der Waals surface area (Å²) in [4.78, 5) is 11.9. The van der Waals surface area contributed by atoms with Gasteiger partial charge in [-0.3, -0.25) is 4.79 Å². The van der Waals surface area contributed by atoms with Gasteiger partial charge >= 0.3 is 5.97 Å². The molecule has 0 saturated heterocycles. The summed E-state index contributed by atoms with van der Waals surface area (Å²) in [7, 11) is 0. The molecule has 0 heterocycles. The highest BCUT2D eigenvalue weighted by atomic mass is 16.5. The van der Waals surface area contributed by atoms with Crippen LogP contribution in [-0.4, -0.2) is 12.6 Å². The Hall–Kier alpha value is -0.530. The van der Waals surface area contributed by atoms with Crippen molar-refractivity contribution >= 4 is 5.97 Å². The van der Waals surface area contributed by atoms with Crippen molar-refractivity contribution in [3.05, 3.63) is 0 Å². The lowest BCUT2D eigenvalue weighted by Crippen LogP contribution is -2.14. The molecule has 2 heteroatoms. The van der Waals surface area contributed by atoms with E-state index in [2.05, 4.69) is 20.8 Å². The molecule has 0 aromatic heterocycles. The number of carbonyl (C=O) groups excluding carboxylic acids is 1. The van der Waals surface area contributed by atoms with Crippen molar-refractivity contribution in [3.63, 3.8) is 0 Å². The Morgan fingerprint density at radius 3 is 1.68 bits per heavy atom. The van der Waals surface area contributed by atoms with Crippen molar-refractivity contribution in [3.8, 4) is 0 Å². The Bertz CT molecular complexity index is 275. The van der Waals surface area contributed by atoms with Gasteiger partial charge < -0.3 is 4.74 Å². The molecule has 0 aliphatic rings. The lowest BCUT2D eigenvalue weighted by molar-refractivity contribution is -0.145. The molecule has 0 rings (SSSR count). The molecule has 1 atom stereocenters. The summed E-state index contributed by atoms with van der Waals surface area (Å²) in [6, 6.07) is 0. The molecule has 0 aromatic rings. The van der Waals surface area contributed by atoms with Crippen LogP contribution in [0.15, 0.2) is 0 Å². The largest absolute Gasteiger partial charge is 0.465 e. The quantitative estimate of drug-likeness (QED) is 0.174. The van der Waals surface area contributed by atoms with Gasteiger partial charge in [-0.25, -0.2) is 0 Å². The molecule has 0 bridgehead atoms. The smallest absolute Gasteiger partial charge is 0.305 e. The van der Waals surface area contributed by atoms with Crippen LogP contribution < -0.4 is 0 Å². The van der Waals surface area contributed by atoms with Crippen LogP contribution in [0, 0.1) is 5.92 Å². The lowest BCUT2D eigenvalue weighted by atomic mass is 9.98. The third-order valence-electron chi connectivity index (χ3n) is 5.13. The van der Waals surface area contributed by atoms with Gasteiger partial charge in [0.1, 0.15) is 0 Å². The second-order valence-electron chi connectivity index (χ2n) is 7.77. The second kappa shape index (κ2) is 19.8. The van der Waals surface area contributed by atoms with Gasteiger partial charge in [-0.2, -0.15) is 0 Å². The van der Waals surface area contributed by atoms with Gasteiger partial charge in [0.25, 0.3) is 0 Å². The van der Waals surface area contributed by atoms with Crippen molar-refractivity contribution < 1.29 is 9.53 Å². The SMILES string of the molecule is CCCCCCCCCCCCCC(=O)OCC(CCC)CCCC. The van der Waals surface area contributed by atoms with Gasteiger partial charge in [-0.05, 0) is 25.2 Å². The highest BCUT2D eigenvalue weighted by Gasteiger charge is 2.10. The monoisotopic (exact) mass is 354 g/mol. The lowest BCUT2D eigenvalue weighted by Gasteiger charge is -2.15. The zero-order chi connectivity index (χ0) is 18.6. The maximum atomic E-state index is 11.9. The molecule has 150 valence electrons. The third-order valence-corrected chi connectivity index (χ3v) is 5.13. The number of hydrogen-bond acceptors (Lipinski definition) is 2. The normalized spacial score (nSPS) is 12.3. The zero-order valence-electron chi connectivity index (χ0n) is 17.6. The summed E-state index contributed by atoms with van der Waals surface area (Å²) in [5.41, 5.74) is 0. The number of unbranched alkanes of at least 4 members (excludes halogenated alkanes) is 11. The van der Waals surface area contributed by atoms with E-state index >= 15 is 0 Å². The highest BCUT2D eigenvalue weighted by molar-refractivity contribution is 5.69. The molecular formula is C23H46O2. The van der Waals surface area contributed by atoms with Gasteiger partial charge in [-0.15, -0.1) is 0 Å². The van der Waals surface area contributed by atoms with E-state index in [1.807, 2.05) is 0 Å². The molecular weight excluding hydrogens is 308 g/mol. The zero-order valence-corrected chi connectivity index (χ0v) is 17.6. The van der Waals surface area contributed by atoms with E-state index in [9.17, 15) is 4.79 Å². The molecule has 0 spiro atoms. The van der Waals surface area contributed by atoms with Crippen LogP contribution in [0.25, 0.3) is 0 Å². The van der Waals surface area contributed by atoms with Gasteiger partial charge in [-0.1, -0.05) is 104 Å². The Morgan fingerprint density at radius 2 is 1.16 bits per heavy atom. The summed E-state index contributed by atoms with van der Waals surface area (Å²) >= 11 is 0. The second-order valence-corrected chi connectivity index (χ2v) is 7.77. The van der Waals surface area contributed by atoms with Crippen molar-refractivity contribution in [2.45, 2.75) is 130 Å². The third kappa shape index (κ3) is 18.1. The molecule has 0 saturated carbocycles. The van der Waals surface area contributed by atoms with E-state index in [0.717, 1.165) is 6.42 Å². The van der Waals surface area contributed by atoms with Crippen LogP contribution in [-0.2, 0) is 9.53 Å². The maximum Gasteiger partial charge on any atom is 0.305 e.